The lowest BCUT2D eigenvalue weighted by molar-refractivity contribution is -0.494. The predicted molar refractivity (Wildman–Crippen MR) is 124 cm³/mol. The summed E-state index contributed by atoms with van der Waals surface area (Å²) in [6.45, 7) is 12.0. The topological polar surface area (TPSA) is 106 Å². The quantitative estimate of drug-likeness (QED) is 0.200. The highest BCUT2D eigenvalue weighted by Gasteiger charge is 1.91. The zero-order valence-electron chi connectivity index (χ0n) is 21.5. The molecule has 0 aliphatic rings. The van der Waals surface area contributed by atoms with Crippen LogP contribution in [0.25, 0.3) is 0 Å². The summed E-state index contributed by atoms with van der Waals surface area (Å²) in [6, 6.07) is 0. The summed E-state index contributed by atoms with van der Waals surface area (Å²) in [7, 11) is 8.37. The first-order chi connectivity index (χ1) is 14.7. The minimum absolute atomic E-state index is 0.719. The third-order valence-electron chi connectivity index (χ3n) is 3.39. The maximum Gasteiger partial charge on any atom is 0.165 e. The van der Waals surface area contributed by atoms with Crippen molar-refractivity contribution in [3.8, 4) is 0 Å². The smallest absolute Gasteiger partial charge is 0.165 e. The summed E-state index contributed by atoms with van der Waals surface area (Å²) in [5.41, 5.74) is 0. The Morgan fingerprint density at radius 1 is 0.581 bits per heavy atom. The van der Waals surface area contributed by atoms with Crippen molar-refractivity contribution in [2.75, 3.05) is 81.9 Å². The third kappa shape index (κ3) is 52.8. The third-order valence-corrected chi connectivity index (χ3v) is 3.39. The van der Waals surface area contributed by atoms with Gasteiger partial charge in [0.2, 0.25) is 0 Å². The largest absolute Gasteiger partial charge is 0.907 e. The summed E-state index contributed by atoms with van der Waals surface area (Å²) < 4.78 is 21.0. The van der Waals surface area contributed by atoms with E-state index >= 15 is 0 Å². The van der Waals surface area contributed by atoms with Crippen molar-refractivity contribution in [3.05, 3.63) is 0 Å². The molecule has 0 rings (SSSR count). The highest BCUT2D eigenvalue weighted by molar-refractivity contribution is 6.24. The lowest BCUT2D eigenvalue weighted by atomic mass is 10.3. The second kappa shape index (κ2) is 33.5. The average Bonchev–Trinajstić information content (AvgIpc) is 2.70. The van der Waals surface area contributed by atoms with Gasteiger partial charge in [0.25, 0.3) is 0 Å². The van der Waals surface area contributed by atoms with E-state index in [1.807, 2.05) is 18.6 Å². The van der Waals surface area contributed by atoms with Crippen molar-refractivity contribution in [1.29, 1.82) is 0 Å². The number of hydrogen-bond donors (Lipinski definition) is 0. The fourth-order valence-corrected chi connectivity index (χ4v) is 1.94. The van der Waals surface area contributed by atoms with Gasteiger partial charge >= 0.3 is 0 Å². The highest BCUT2D eigenvalue weighted by atomic mass is 16.5. The Kier molecular flexibility index (Phi) is 40.1. The van der Waals surface area contributed by atoms with Crippen molar-refractivity contribution in [1.82, 2.24) is 0 Å². The Labute approximate surface area is 191 Å². The first-order valence-electron chi connectivity index (χ1n) is 10.7. The molecule has 0 saturated carbocycles. The van der Waals surface area contributed by atoms with E-state index in [9.17, 15) is 0 Å². The number of hydrogen-bond acceptors (Lipinski definition) is 6. The fraction of sp³-hybridized carbons (Fsp3) is 0.857. The normalized spacial score (nSPS) is 11.4. The zero-order chi connectivity index (χ0) is 24.9. The number of nitrogens with zero attached hydrogens (tertiary/aromatic N) is 3. The van der Waals surface area contributed by atoms with Gasteiger partial charge in [-0.15, -0.1) is 0 Å². The molecule has 31 heavy (non-hydrogen) atoms. The predicted octanol–water partition coefficient (Wildman–Crippen LogP) is -1.68. The maximum atomic E-state index is 8.42. The summed E-state index contributed by atoms with van der Waals surface area (Å²) in [5.74, 6) is 0. The van der Waals surface area contributed by atoms with Gasteiger partial charge in [0.05, 0.1) is 0 Å². The SMILES string of the molecule is CCC[N+](C)=CCOC.CCC[N+](C)=CCOC.CCC[N+](C)=CCOC.[O-]B([O-])[O-]. The van der Waals surface area contributed by atoms with Crippen LogP contribution in [0.2, 0.25) is 0 Å². The molecule has 0 aromatic rings. The van der Waals surface area contributed by atoms with E-state index in [1.54, 1.807) is 21.3 Å². The molecular weight excluding hydrogens is 401 g/mol. The number of rotatable bonds is 12. The van der Waals surface area contributed by atoms with Crippen LogP contribution in [0.3, 0.4) is 0 Å². The Hall–Kier alpha value is -1.17. The minimum atomic E-state index is -2.92. The summed E-state index contributed by atoms with van der Waals surface area (Å²) in [4.78, 5) is 0. The Bertz CT molecular complexity index is 374. The lowest BCUT2D eigenvalue weighted by Gasteiger charge is -2.35. The molecule has 0 spiro atoms. The van der Waals surface area contributed by atoms with Crippen LogP contribution in [-0.4, -0.2) is 122 Å². The van der Waals surface area contributed by atoms with Crippen LogP contribution in [0.15, 0.2) is 0 Å². The van der Waals surface area contributed by atoms with Gasteiger partial charge in [-0.05, 0) is 0 Å². The van der Waals surface area contributed by atoms with Crippen LogP contribution in [0, 0.1) is 0 Å². The molecule has 0 fully saturated rings. The minimum Gasteiger partial charge on any atom is -0.907 e. The molecule has 186 valence electrons. The molecule has 0 aliphatic carbocycles. The van der Waals surface area contributed by atoms with Gasteiger partial charge in [0, 0.05) is 40.6 Å². The van der Waals surface area contributed by atoms with Crippen LogP contribution in [0.5, 0.6) is 0 Å². The van der Waals surface area contributed by atoms with E-state index in [0.717, 1.165) is 39.5 Å². The van der Waals surface area contributed by atoms with Crippen molar-refractivity contribution < 1.29 is 43.0 Å². The van der Waals surface area contributed by atoms with Gasteiger partial charge in [-0.3, -0.25) is 7.32 Å². The van der Waals surface area contributed by atoms with Gasteiger partial charge in [-0.1, -0.05) is 20.8 Å². The first-order valence-corrected chi connectivity index (χ1v) is 10.7. The molecule has 9 nitrogen and oxygen atoms in total. The molecule has 10 heteroatoms. The molecule has 0 unspecified atom stereocenters. The molecule has 0 aromatic carbocycles. The van der Waals surface area contributed by atoms with Crippen molar-refractivity contribution >= 4 is 26.0 Å². The second-order valence-corrected chi connectivity index (χ2v) is 6.64. The van der Waals surface area contributed by atoms with Gasteiger partial charge < -0.3 is 29.3 Å². The van der Waals surface area contributed by atoms with E-state index in [0.29, 0.717) is 0 Å². The van der Waals surface area contributed by atoms with Gasteiger partial charge in [-0.2, -0.15) is 0 Å². The maximum absolute atomic E-state index is 8.42. The van der Waals surface area contributed by atoms with Crippen molar-refractivity contribution in [3.63, 3.8) is 0 Å². The first kappa shape index (κ1) is 37.2. The number of ether oxygens (including phenoxy) is 3. The van der Waals surface area contributed by atoms with Crippen LogP contribution < -0.4 is 15.1 Å². The molecule has 0 bridgehead atoms. The Morgan fingerprint density at radius 3 is 0.903 bits per heavy atom. The van der Waals surface area contributed by atoms with Gasteiger partial charge in [0.15, 0.2) is 18.6 Å². The van der Waals surface area contributed by atoms with Crippen LogP contribution in [-0.2, 0) is 14.2 Å². The van der Waals surface area contributed by atoms with E-state index in [4.69, 9.17) is 29.3 Å². The van der Waals surface area contributed by atoms with Gasteiger partial charge in [-0.25, -0.2) is 13.7 Å². The molecule has 0 amide bonds. The van der Waals surface area contributed by atoms with Crippen LogP contribution >= 0.6 is 0 Å². The molecular formula is C21H48BN3O6. The van der Waals surface area contributed by atoms with E-state index in [1.165, 1.54) is 19.3 Å². The highest BCUT2D eigenvalue weighted by Crippen LogP contribution is 1.75. The molecule has 0 aromatic heterocycles. The van der Waals surface area contributed by atoms with Crippen molar-refractivity contribution in [2.45, 2.75) is 40.0 Å². The summed E-state index contributed by atoms with van der Waals surface area (Å²) in [6.07, 6.45) is 9.71. The fourth-order valence-electron chi connectivity index (χ4n) is 1.94. The molecule has 0 atom stereocenters. The zero-order valence-corrected chi connectivity index (χ0v) is 21.5. The van der Waals surface area contributed by atoms with E-state index in [-0.39, 0.29) is 0 Å². The Morgan fingerprint density at radius 2 is 0.774 bits per heavy atom. The summed E-state index contributed by atoms with van der Waals surface area (Å²) in [5, 5.41) is 25.2. The molecule has 0 aliphatic heterocycles. The molecule has 0 saturated heterocycles. The molecule has 0 heterocycles. The average molecular weight is 449 g/mol. The number of methoxy groups -OCH3 is 3. The Balaban J connectivity index is -0.000000162. The van der Waals surface area contributed by atoms with Crippen LogP contribution in [0.1, 0.15) is 40.0 Å². The molecule has 0 N–H and O–H groups in total. The van der Waals surface area contributed by atoms with E-state index in [2.05, 4.69) is 55.6 Å². The van der Waals surface area contributed by atoms with Crippen LogP contribution in [0.4, 0.5) is 0 Å². The van der Waals surface area contributed by atoms with E-state index < -0.39 is 7.32 Å². The standard InChI is InChI=1S/3C7H16NO.BO3/c3*1-4-5-8(2)6-7-9-3;2-1(3)4/h3*6H,4-5,7H2,1-3H3;/q3*+1;-3. The van der Waals surface area contributed by atoms with Gasteiger partial charge in [0.1, 0.15) is 60.6 Å². The second-order valence-electron chi connectivity index (χ2n) is 6.64. The lowest BCUT2D eigenvalue weighted by Crippen LogP contribution is -2.56. The summed E-state index contributed by atoms with van der Waals surface area (Å²) >= 11 is 0. The molecule has 0 radical (unpaired) electrons. The van der Waals surface area contributed by atoms with Crippen molar-refractivity contribution in [2.24, 2.45) is 0 Å². The monoisotopic (exact) mass is 449 g/mol.